The SMILES string of the molecule is CCc1c(C(=O)NCCc2ccc(OC(F)F)c(OC)c2)cnn1-c1cccc(Cl)c1. The Bertz CT molecular complexity index is 1060. The predicted molar refractivity (Wildman–Crippen MR) is 114 cm³/mol. The molecule has 3 rings (SSSR count). The first kappa shape index (κ1) is 22.6. The highest BCUT2D eigenvalue weighted by Crippen LogP contribution is 2.29. The number of alkyl halides is 2. The highest BCUT2D eigenvalue weighted by Gasteiger charge is 2.17. The molecule has 1 heterocycles. The second kappa shape index (κ2) is 10.3. The fourth-order valence-electron chi connectivity index (χ4n) is 3.21. The highest BCUT2D eigenvalue weighted by atomic mass is 35.5. The third-order valence-corrected chi connectivity index (χ3v) is 4.88. The summed E-state index contributed by atoms with van der Waals surface area (Å²) in [7, 11) is 1.38. The lowest BCUT2D eigenvalue weighted by atomic mass is 10.1. The van der Waals surface area contributed by atoms with Gasteiger partial charge in [0.25, 0.3) is 5.91 Å². The van der Waals surface area contributed by atoms with Crippen LogP contribution in [0.4, 0.5) is 8.78 Å². The normalized spacial score (nSPS) is 10.9. The molecule has 0 radical (unpaired) electrons. The molecule has 31 heavy (non-hydrogen) atoms. The Balaban J connectivity index is 1.66. The summed E-state index contributed by atoms with van der Waals surface area (Å²) in [5.74, 6) is -0.0683. The van der Waals surface area contributed by atoms with Crippen LogP contribution in [0, 0.1) is 0 Å². The van der Waals surface area contributed by atoms with Gasteiger partial charge in [0.2, 0.25) is 0 Å². The van der Waals surface area contributed by atoms with E-state index in [-0.39, 0.29) is 17.4 Å². The molecule has 0 saturated carbocycles. The van der Waals surface area contributed by atoms with E-state index in [1.807, 2.05) is 19.1 Å². The number of aromatic nitrogens is 2. The summed E-state index contributed by atoms with van der Waals surface area (Å²) >= 11 is 6.07. The number of rotatable bonds is 9. The lowest BCUT2D eigenvalue weighted by molar-refractivity contribution is -0.0512. The number of methoxy groups -OCH3 is 1. The van der Waals surface area contributed by atoms with Gasteiger partial charge in [-0.25, -0.2) is 4.68 Å². The lowest BCUT2D eigenvalue weighted by Gasteiger charge is -2.12. The topological polar surface area (TPSA) is 65.4 Å². The van der Waals surface area contributed by atoms with Crippen molar-refractivity contribution in [2.45, 2.75) is 26.4 Å². The lowest BCUT2D eigenvalue weighted by Crippen LogP contribution is -2.26. The van der Waals surface area contributed by atoms with Gasteiger partial charge in [0.15, 0.2) is 11.5 Å². The van der Waals surface area contributed by atoms with Crippen molar-refractivity contribution in [1.29, 1.82) is 0 Å². The second-order valence-corrected chi connectivity index (χ2v) is 7.06. The Morgan fingerprint density at radius 2 is 2.03 bits per heavy atom. The van der Waals surface area contributed by atoms with Crippen LogP contribution in [0.15, 0.2) is 48.7 Å². The van der Waals surface area contributed by atoms with Crippen molar-refractivity contribution in [3.8, 4) is 17.2 Å². The van der Waals surface area contributed by atoms with E-state index in [2.05, 4.69) is 15.2 Å². The zero-order chi connectivity index (χ0) is 22.4. The summed E-state index contributed by atoms with van der Waals surface area (Å²) in [5.41, 5.74) is 2.85. The van der Waals surface area contributed by atoms with Gasteiger partial charge >= 0.3 is 6.61 Å². The maximum Gasteiger partial charge on any atom is 0.387 e. The summed E-state index contributed by atoms with van der Waals surface area (Å²) in [6.45, 7) is -0.633. The molecular weight excluding hydrogens is 428 g/mol. The van der Waals surface area contributed by atoms with Gasteiger partial charge < -0.3 is 14.8 Å². The Kier molecular flexibility index (Phi) is 7.46. The van der Waals surface area contributed by atoms with Crippen molar-refractivity contribution in [2.24, 2.45) is 0 Å². The van der Waals surface area contributed by atoms with Gasteiger partial charge in [-0.3, -0.25) is 4.79 Å². The standard InChI is InChI=1S/C22H22ClF2N3O3/c1-3-18-17(13-27-28(18)16-6-4-5-15(23)12-16)21(29)26-10-9-14-7-8-19(31-22(24)25)20(11-14)30-2/h4-8,11-13,22H,3,9-10H2,1-2H3,(H,26,29). The molecule has 9 heteroatoms. The molecule has 1 N–H and O–H groups in total. The summed E-state index contributed by atoms with van der Waals surface area (Å²) in [4.78, 5) is 12.7. The van der Waals surface area contributed by atoms with Gasteiger partial charge in [0.1, 0.15) is 0 Å². The maximum absolute atomic E-state index is 12.7. The molecule has 2 aromatic carbocycles. The molecule has 6 nitrogen and oxygen atoms in total. The average Bonchev–Trinajstić information content (AvgIpc) is 3.18. The number of hydrogen-bond acceptors (Lipinski definition) is 4. The number of benzene rings is 2. The van der Waals surface area contributed by atoms with Crippen molar-refractivity contribution < 1.29 is 23.0 Å². The molecule has 0 atom stereocenters. The number of carbonyl (C=O) groups excluding carboxylic acids is 1. The summed E-state index contributed by atoms with van der Waals surface area (Å²) < 4.78 is 36.1. The number of amides is 1. The molecule has 3 aromatic rings. The first-order valence-electron chi connectivity index (χ1n) is 9.65. The van der Waals surface area contributed by atoms with Crippen LogP contribution in [0.25, 0.3) is 5.69 Å². The van der Waals surface area contributed by atoms with Crippen molar-refractivity contribution in [1.82, 2.24) is 15.1 Å². The number of carbonyl (C=O) groups is 1. The van der Waals surface area contributed by atoms with Gasteiger partial charge in [0.05, 0.1) is 30.3 Å². The number of nitrogens with one attached hydrogen (secondary N) is 1. The smallest absolute Gasteiger partial charge is 0.387 e. The van der Waals surface area contributed by atoms with Crippen LogP contribution in [0.3, 0.4) is 0 Å². The molecule has 0 spiro atoms. The van der Waals surface area contributed by atoms with Gasteiger partial charge in [0, 0.05) is 11.6 Å². The van der Waals surface area contributed by atoms with Crippen molar-refractivity contribution in [2.75, 3.05) is 13.7 Å². The molecule has 0 bridgehead atoms. The third kappa shape index (κ3) is 5.52. The van der Waals surface area contributed by atoms with E-state index in [0.29, 0.717) is 30.0 Å². The largest absolute Gasteiger partial charge is 0.493 e. The van der Waals surface area contributed by atoms with Gasteiger partial charge in [-0.05, 0) is 48.7 Å². The summed E-state index contributed by atoms with van der Waals surface area (Å²) in [6, 6.07) is 11.9. The minimum absolute atomic E-state index is 0.0358. The van der Waals surface area contributed by atoms with Gasteiger partial charge in [-0.15, -0.1) is 0 Å². The Labute approximate surface area is 183 Å². The fourth-order valence-corrected chi connectivity index (χ4v) is 3.40. The molecule has 0 aliphatic heterocycles. The molecule has 1 amide bonds. The number of ether oxygens (including phenoxy) is 2. The molecule has 0 fully saturated rings. The van der Waals surface area contributed by atoms with Gasteiger partial charge in [-0.2, -0.15) is 13.9 Å². The third-order valence-electron chi connectivity index (χ3n) is 4.64. The van der Waals surface area contributed by atoms with Crippen molar-refractivity contribution >= 4 is 17.5 Å². The minimum Gasteiger partial charge on any atom is -0.493 e. The average molecular weight is 450 g/mol. The van der Waals surface area contributed by atoms with E-state index < -0.39 is 6.61 Å². The van der Waals surface area contributed by atoms with E-state index >= 15 is 0 Å². The van der Waals surface area contributed by atoms with Crippen LogP contribution in [0.2, 0.25) is 5.02 Å². The van der Waals surface area contributed by atoms with Crippen LogP contribution in [-0.4, -0.2) is 36.0 Å². The Hall–Kier alpha value is -3.13. The summed E-state index contributed by atoms with van der Waals surface area (Å²) in [6.07, 6.45) is 2.63. The quantitative estimate of drug-likeness (QED) is 0.515. The van der Waals surface area contributed by atoms with Crippen LogP contribution >= 0.6 is 11.6 Å². The van der Waals surface area contributed by atoms with E-state index in [0.717, 1.165) is 16.9 Å². The zero-order valence-corrected chi connectivity index (χ0v) is 17.8. The van der Waals surface area contributed by atoms with E-state index in [9.17, 15) is 13.6 Å². The molecule has 1 aromatic heterocycles. The molecule has 0 saturated heterocycles. The number of hydrogen-bond donors (Lipinski definition) is 1. The number of halogens is 3. The molecule has 0 unspecified atom stereocenters. The van der Waals surface area contributed by atoms with E-state index in [4.69, 9.17) is 16.3 Å². The predicted octanol–water partition coefficient (Wildman–Crippen LogP) is 4.67. The molecular formula is C22H22ClF2N3O3. The zero-order valence-electron chi connectivity index (χ0n) is 17.1. The van der Waals surface area contributed by atoms with Crippen molar-refractivity contribution in [3.05, 3.63) is 70.5 Å². The number of nitrogens with zero attached hydrogens (tertiary/aromatic N) is 2. The second-order valence-electron chi connectivity index (χ2n) is 6.62. The van der Waals surface area contributed by atoms with E-state index in [1.165, 1.54) is 19.4 Å². The molecule has 0 aliphatic carbocycles. The van der Waals surface area contributed by atoms with Gasteiger partial charge in [-0.1, -0.05) is 30.7 Å². The monoisotopic (exact) mass is 449 g/mol. The molecule has 0 aliphatic rings. The minimum atomic E-state index is -2.93. The van der Waals surface area contributed by atoms with Crippen LogP contribution in [0.1, 0.15) is 28.5 Å². The first-order valence-corrected chi connectivity index (χ1v) is 10.0. The van der Waals surface area contributed by atoms with Crippen molar-refractivity contribution in [3.63, 3.8) is 0 Å². The van der Waals surface area contributed by atoms with Crippen LogP contribution in [-0.2, 0) is 12.8 Å². The fraction of sp³-hybridized carbons (Fsp3) is 0.273. The first-order chi connectivity index (χ1) is 14.9. The van der Waals surface area contributed by atoms with E-state index in [1.54, 1.807) is 28.9 Å². The Morgan fingerprint density at radius 1 is 1.23 bits per heavy atom. The highest BCUT2D eigenvalue weighted by molar-refractivity contribution is 6.30. The molecule has 164 valence electrons. The van der Waals surface area contributed by atoms with Crippen LogP contribution in [0.5, 0.6) is 11.5 Å². The van der Waals surface area contributed by atoms with Crippen LogP contribution < -0.4 is 14.8 Å². The Morgan fingerprint density at radius 3 is 2.71 bits per heavy atom. The maximum atomic E-state index is 12.7. The summed E-state index contributed by atoms with van der Waals surface area (Å²) in [5, 5.41) is 7.80.